The first-order valence-corrected chi connectivity index (χ1v) is 8.73. The number of ether oxygens (including phenoxy) is 2. The number of aryl methyl sites for hydroxylation is 1. The Hall–Kier alpha value is -3.02. The zero-order valence-electron chi connectivity index (χ0n) is 16.5. The van der Waals surface area contributed by atoms with Crippen molar-refractivity contribution in [3.8, 4) is 11.5 Å². The predicted molar refractivity (Wildman–Crippen MR) is 107 cm³/mol. The average molecular weight is 370 g/mol. The second-order valence-corrected chi connectivity index (χ2v) is 6.25. The topological polar surface area (TPSA) is 67.9 Å². The number of benzene rings is 2. The maximum absolute atomic E-state index is 12.4. The molecule has 0 aliphatic carbocycles. The largest absolute Gasteiger partial charge is 0.497 e. The lowest BCUT2D eigenvalue weighted by molar-refractivity contribution is -0.117. The van der Waals surface area contributed by atoms with Crippen molar-refractivity contribution in [2.45, 2.75) is 27.2 Å². The van der Waals surface area contributed by atoms with Crippen LogP contribution in [0.5, 0.6) is 11.5 Å². The molecule has 6 nitrogen and oxygen atoms in total. The zero-order chi connectivity index (χ0) is 20.0. The van der Waals surface area contributed by atoms with Crippen LogP contribution < -0.4 is 19.7 Å². The lowest BCUT2D eigenvalue weighted by atomic mass is 10.1. The number of anilines is 2. The summed E-state index contributed by atoms with van der Waals surface area (Å²) in [6.45, 7) is 5.77. The molecule has 0 saturated carbocycles. The van der Waals surface area contributed by atoms with E-state index in [0.29, 0.717) is 17.2 Å². The van der Waals surface area contributed by atoms with Crippen LogP contribution in [0.15, 0.2) is 36.4 Å². The molecule has 2 amide bonds. The molecule has 2 aromatic rings. The second-order valence-electron chi connectivity index (χ2n) is 6.25. The zero-order valence-corrected chi connectivity index (χ0v) is 16.5. The Morgan fingerprint density at radius 3 is 2.44 bits per heavy atom. The first-order chi connectivity index (χ1) is 12.9. The molecule has 0 saturated heterocycles. The molecule has 0 radical (unpaired) electrons. The van der Waals surface area contributed by atoms with Gasteiger partial charge in [-0.25, -0.2) is 0 Å². The molecule has 0 fully saturated rings. The van der Waals surface area contributed by atoms with Gasteiger partial charge >= 0.3 is 0 Å². The molecule has 0 unspecified atom stereocenters. The van der Waals surface area contributed by atoms with E-state index in [9.17, 15) is 9.59 Å². The third-order valence-electron chi connectivity index (χ3n) is 4.49. The fourth-order valence-corrected chi connectivity index (χ4v) is 2.81. The lowest BCUT2D eigenvalue weighted by Gasteiger charge is -2.24. The third kappa shape index (κ3) is 5.00. The highest BCUT2D eigenvalue weighted by molar-refractivity contribution is 5.96. The van der Waals surface area contributed by atoms with Crippen LogP contribution >= 0.6 is 0 Å². The fraction of sp³-hybridized carbons (Fsp3) is 0.333. The van der Waals surface area contributed by atoms with Gasteiger partial charge in [-0.15, -0.1) is 0 Å². The number of rotatable bonds is 7. The van der Waals surface area contributed by atoms with Crippen molar-refractivity contribution >= 4 is 23.2 Å². The third-order valence-corrected chi connectivity index (χ3v) is 4.49. The Bertz CT molecular complexity index is 833. The van der Waals surface area contributed by atoms with Gasteiger partial charge in [0.1, 0.15) is 11.5 Å². The van der Waals surface area contributed by atoms with E-state index in [1.165, 1.54) is 14.0 Å². The minimum Gasteiger partial charge on any atom is -0.497 e. The Labute approximate surface area is 160 Å². The molecular weight excluding hydrogens is 344 g/mol. The molecule has 2 aromatic carbocycles. The molecule has 0 spiro atoms. The molecule has 27 heavy (non-hydrogen) atoms. The van der Waals surface area contributed by atoms with Crippen LogP contribution in [0.1, 0.15) is 24.5 Å². The van der Waals surface area contributed by atoms with Crippen molar-refractivity contribution in [2.24, 2.45) is 0 Å². The number of hydrogen-bond donors (Lipinski definition) is 1. The number of carbonyl (C=O) groups excluding carboxylic acids is 2. The highest BCUT2D eigenvalue weighted by Crippen LogP contribution is 2.29. The number of nitrogens with one attached hydrogen (secondary N) is 1. The molecule has 6 heteroatoms. The first kappa shape index (κ1) is 20.3. The summed E-state index contributed by atoms with van der Waals surface area (Å²) in [4.78, 5) is 26.2. The quantitative estimate of drug-likeness (QED) is 0.807. The minimum atomic E-state index is -0.210. The average Bonchev–Trinajstić information content (AvgIpc) is 2.64. The summed E-state index contributed by atoms with van der Waals surface area (Å²) in [7, 11) is 3.10. The maximum Gasteiger partial charge on any atom is 0.226 e. The summed E-state index contributed by atoms with van der Waals surface area (Å²) < 4.78 is 10.5. The van der Waals surface area contributed by atoms with Gasteiger partial charge in [-0.3, -0.25) is 9.59 Å². The van der Waals surface area contributed by atoms with Gasteiger partial charge in [0.2, 0.25) is 11.8 Å². The SMILES string of the molecule is COc1ccc(OC)c(NC(=O)CCN(C(C)=O)c2cccc(C)c2C)c1. The number of nitrogens with zero attached hydrogens (tertiary/aromatic N) is 1. The summed E-state index contributed by atoms with van der Waals surface area (Å²) in [5, 5.41) is 2.83. The van der Waals surface area contributed by atoms with Gasteiger partial charge in [-0.2, -0.15) is 0 Å². The number of methoxy groups -OCH3 is 2. The Morgan fingerprint density at radius 1 is 1.07 bits per heavy atom. The fourth-order valence-electron chi connectivity index (χ4n) is 2.81. The summed E-state index contributed by atoms with van der Waals surface area (Å²) in [5.74, 6) is 0.850. The van der Waals surface area contributed by atoms with Crippen LogP contribution in [0, 0.1) is 13.8 Å². The van der Waals surface area contributed by atoms with Crippen LogP contribution in [0.2, 0.25) is 0 Å². The lowest BCUT2D eigenvalue weighted by Crippen LogP contribution is -2.32. The van der Waals surface area contributed by atoms with E-state index in [0.717, 1.165) is 16.8 Å². The van der Waals surface area contributed by atoms with Crippen LogP contribution in [0.25, 0.3) is 0 Å². The van der Waals surface area contributed by atoms with Crippen molar-refractivity contribution in [3.05, 3.63) is 47.5 Å². The molecule has 2 rings (SSSR count). The summed E-state index contributed by atoms with van der Waals surface area (Å²) >= 11 is 0. The highest BCUT2D eigenvalue weighted by Gasteiger charge is 2.17. The highest BCUT2D eigenvalue weighted by atomic mass is 16.5. The summed E-state index contributed by atoms with van der Waals surface area (Å²) in [6.07, 6.45) is 0.160. The van der Waals surface area contributed by atoms with Crippen LogP contribution in [-0.4, -0.2) is 32.6 Å². The summed E-state index contributed by atoms with van der Waals surface area (Å²) in [6, 6.07) is 11.0. The smallest absolute Gasteiger partial charge is 0.226 e. The van der Waals surface area contributed by atoms with Gasteiger partial charge in [0.15, 0.2) is 0 Å². The first-order valence-electron chi connectivity index (χ1n) is 8.73. The molecule has 144 valence electrons. The van der Waals surface area contributed by atoms with E-state index in [1.807, 2.05) is 32.0 Å². The standard InChI is InChI=1S/C21H26N2O4/c1-14-7-6-8-19(15(14)2)23(16(3)24)12-11-21(25)22-18-13-17(26-4)9-10-20(18)27-5/h6-10,13H,11-12H2,1-5H3,(H,22,25). The Morgan fingerprint density at radius 2 is 1.81 bits per heavy atom. The van der Waals surface area contributed by atoms with Crippen molar-refractivity contribution < 1.29 is 19.1 Å². The van der Waals surface area contributed by atoms with Gasteiger partial charge in [0.05, 0.1) is 19.9 Å². The van der Waals surface area contributed by atoms with Crippen molar-refractivity contribution in [3.63, 3.8) is 0 Å². The number of amides is 2. The molecule has 0 bridgehead atoms. The number of carbonyl (C=O) groups is 2. The second kappa shape index (κ2) is 9.07. The van der Waals surface area contributed by atoms with E-state index < -0.39 is 0 Å². The van der Waals surface area contributed by atoms with E-state index in [-0.39, 0.29) is 24.8 Å². The minimum absolute atomic E-state index is 0.101. The van der Waals surface area contributed by atoms with E-state index in [2.05, 4.69) is 5.32 Å². The van der Waals surface area contributed by atoms with Crippen LogP contribution in [-0.2, 0) is 9.59 Å². The monoisotopic (exact) mass is 370 g/mol. The van der Waals surface area contributed by atoms with E-state index in [4.69, 9.17) is 9.47 Å². The van der Waals surface area contributed by atoms with Gasteiger partial charge in [0, 0.05) is 31.6 Å². The molecule has 1 N–H and O–H groups in total. The van der Waals surface area contributed by atoms with Crippen molar-refractivity contribution in [1.29, 1.82) is 0 Å². The number of hydrogen-bond acceptors (Lipinski definition) is 4. The van der Waals surface area contributed by atoms with Gasteiger partial charge in [-0.05, 0) is 43.2 Å². The van der Waals surface area contributed by atoms with E-state index >= 15 is 0 Å². The van der Waals surface area contributed by atoms with Crippen molar-refractivity contribution in [1.82, 2.24) is 0 Å². The molecular formula is C21H26N2O4. The maximum atomic E-state index is 12.4. The van der Waals surface area contributed by atoms with E-state index in [1.54, 1.807) is 30.2 Å². The van der Waals surface area contributed by atoms with Crippen LogP contribution in [0.4, 0.5) is 11.4 Å². The van der Waals surface area contributed by atoms with Crippen molar-refractivity contribution in [2.75, 3.05) is 31.0 Å². The Balaban J connectivity index is 2.11. The molecule has 0 aliphatic heterocycles. The molecule has 0 aliphatic rings. The molecule has 0 atom stereocenters. The van der Waals surface area contributed by atoms with Gasteiger partial charge < -0.3 is 19.7 Å². The van der Waals surface area contributed by atoms with Gasteiger partial charge in [-0.1, -0.05) is 12.1 Å². The predicted octanol–water partition coefficient (Wildman–Crippen LogP) is 3.70. The molecule has 0 aromatic heterocycles. The Kier molecular flexibility index (Phi) is 6.82. The molecule has 0 heterocycles. The van der Waals surface area contributed by atoms with Gasteiger partial charge in [0.25, 0.3) is 0 Å². The summed E-state index contributed by atoms with van der Waals surface area (Å²) in [5.41, 5.74) is 3.49. The van der Waals surface area contributed by atoms with Crippen LogP contribution in [0.3, 0.4) is 0 Å². The normalized spacial score (nSPS) is 10.3.